The molecule has 9 heteroatoms. The molecule has 0 aliphatic carbocycles. The number of rotatable bonds is 6. The van der Waals surface area contributed by atoms with Crippen molar-refractivity contribution in [1.29, 1.82) is 0 Å². The van der Waals surface area contributed by atoms with Crippen LogP contribution in [0.25, 0.3) is 0 Å². The van der Waals surface area contributed by atoms with Crippen molar-refractivity contribution in [1.82, 2.24) is 10.2 Å². The van der Waals surface area contributed by atoms with E-state index in [1.165, 1.54) is 31.1 Å². The van der Waals surface area contributed by atoms with Crippen LogP contribution in [0.15, 0.2) is 53.4 Å². The second-order valence-corrected chi connectivity index (χ2v) is 10.7. The molecule has 0 bridgehead atoms. The quantitative estimate of drug-likeness (QED) is 0.343. The van der Waals surface area contributed by atoms with E-state index in [0.29, 0.717) is 9.13 Å². The second kappa shape index (κ2) is 8.65. The van der Waals surface area contributed by atoms with E-state index in [4.69, 9.17) is 23.2 Å². The summed E-state index contributed by atoms with van der Waals surface area (Å²) in [6.45, 7) is 1.85. The van der Waals surface area contributed by atoms with Gasteiger partial charge in [0.25, 0.3) is 5.91 Å². The molecule has 0 aliphatic rings. The lowest BCUT2D eigenvalue weighted by atomic mass is 10.2. The van der Waals surface area contributed by atoms with E-state index in [-0.39, 0.29) is 4.90 Å². The molecule has 27 heavy (non-hydrogen) atoms. The molecular formula is C18H19Cl2IN2O3S. The van der Waals surface area contributed by atoms with Gasteiger partial charge >= 0.3 is 0 Å². The highest BCUT2D eigenvalue weighted by atomic mass is 127. The van der Waals surface area contributed by atoms with E-state index in [1.54, 1.807) is 36.4 Å². The van der Waals surface area contributed by atoms with Crippen LogP contribution in [0.2, 0.25) is 0 Å². The highest BCUT2D eigenvalue weighted by Crippen LogP contribution is 2.34. The molecule has 146 valence electrons. The first kappa shape index (κ1) is 22.4. The SMILES string of the molecule is Cc1ccc(S(=O)(=O)C(NC(=O)c2ccccc2I)C(Cl)(Cl)N(C)C)cc1. The zero-order chi connectivity index (χ0) is 20.4. The molecule has 1 unspecified atom stereocenters. The summed E-state index contributed by atoms with van der Waals surface area (Å²) in [6, 6.07) is 13.1. The summed E-state index contributed by atoms with van der Waals surface area (Å²) in [5, 5.41) is 0.923. The monoisotopic (exact) mass is 540 g/mol. The average Bonchev–Trinajstić information content (AvgIpc) is 2.59. The Balaban J connectivity index is 2.51. The van der Waals surface area contributed by atoms with Gasteiger partial charge in [-0.05, 0) is 67.9 Å². The predicted molar refractivity (Wildman–Crippen MR) is 117 cm³/mol. The Kier molecular flexibility index (Phi) is 7.18. The Hall–Kier alpha value is -0.870. The maximum Gasteiger partial charge on any atom is 0.253 e. The number of carbonyl (C=O) groups is 1. The van der Waals surface area contributed by atoms with Gasteiger partial charge in [0.1, 0.15) is 0 Å². The number of hydrogen-bond donors (Lipinski definition) is 1. The highest BCUT2D eigenvalue weighted by molar-refractivity contribution is 14.1. The zero-order valence-corrected chi connectivity index (χ0v) is 19.4. The number of halogens is 3. The first-order valence-electron chi connectivity index (χ1n) is 7.89. The van der Waals surface area contributed by atoms with E-state index >= 15 is 0 Å². The van der Waals surface area contributed by atoms with Crippen LogP contribution in [0, 0.1) is 10.5 Å². The summed E-state index contributed by atoms with van der Waals surface area (Å²) >= 11 is 14.7. The van der Waals surface area contributed by atoms with E-state index in [0.717, 1.165) is 5.56 Å². The lowest BCUT2D eigenvalue weighted by Gasteiger charge is -2.35. The smallest absolute Gasteiger partial charge is 0.253 e. The molecule has 1 amide bonds. The largest absolute Gasteiger partial charge is 0.331 e. The fraction of sp³-hybridized carbons (Fsp3) is 0.278. The summed E-state index contributed by atoms with van der Waals surface area (Å²) in [5.74, 6) is -0.576. The van der Waals surface area contributed by atoms with Gasteiger partial charge in [-0.25, -0.2) is 8.42 Å². The van der Waals surface area contributed by atoms with E-state index in [2.05, 4.69) is 5.32 Å². The van der Waals surface area contributed by atoms with Crippen molar-refractivity contribution in [2.75, 3.05) is 14.1 Å². The van der Waals surface area contributed by atoms with Crippen molar-refractivity contribution in [3.63, 3.8) is 0 Å². The predicted octanol–water partition coefficient (Wildman–Crippen LogP) is 3.82. The van der Waals surface area contributed by atoms with Gasteiger partial charge < -0.3 is 5.32 Å². The summed E-state index contributed by atoms with van der Waals surface area (Å²) in [6.07, 6.45) is 0. The van der Waals surface area contributed by atoms with Crippen LogP contribution >= 0.6 is 45.8 Å². The molecule has 0 aliphatic heterocycles. The second-order valence-electron chi connectivity index (χ2n) is 6.17. The number of aryl methyl sites for hydroxylation is 1. The number of carbonyl (C=O) groups excluding carboxylic acids is 1. The van der Waals surface area contributed by atoms with Crippen LogP contribution in [-0.4, -0.2) is 43.2 Å². The van der Waals surface area contributed by atoms with Crippen molar-refractivity contribution < 1.29 is 13.2 Å². The minimum absolute atomic E-state index is 0.0219. The van der Waals surface area contributed by atoms with Crippen LogP contribution in [0.5, 0.6) is 0 Å². The maximum absolute atomic E-state index is 13.2. The van der Waals surface area contributed by atoms with Gasteiger partial charge in [0.15, 0.2) is 5.37 Å². The Labute approximate surface area is 183 Å². The molecule has 0 fully saturated rings. The van der Waals surface area contributed by atoms with Gasteiger partial charge in [-0.2, -0.15) is 0 Å². The fourth-order valence-corrected chi connectivity index (χ4v) is 5.37. The number of likely N-dealkylation sites (N-methyl/N-ethyl adjacent to an activating group) is 1. The number of benzene rings is 2. The number of hydrogen-bond acceptors (Lipinski definition) is 4. The van der Waals surface area contributed by atoms with E-state index in [9.17, 15) is 13.2 Å². The minimum atomic E-state index is -4.08. The zero-order valence-electron chi connectivity index (χ0n) is 14.9. The number of sulfone groups is 1. The van der Waals surface area contributed by atoms with Crippen molar-refractivity contribution in [2.45, 2.75) is 21.7 Å². The van der Waals surface area contributed by atoms with Crippen molar-refractivity contribution in [2.24, 2.45) is 0 Å². The molecular weight excluding hydrogens is 522 g/mol. The molecule has 2 aromatic rings. The third-order valence-electron chi connectivity index (χ3n) is 3.95. The molecule has 1 N–H and O–H groups in total. The number of nitrogens with one attached hydrogen (secondary N) is 1. The third-order valence-corrected chi connectivity index (χ3v) is 8.27. The Morgan fingerprint density at radius 3 is 2.19 bits per heavy atom. The summed E-state index contributed by atoms with van der Waals surface area (Å²) in [7, 11) is -1.00. The molecule has 5 nitrogen and oxygen atoms in total. The summed E-state index contributed by atoms with van der Waals surface area (Å²) < 4.78 is 25.3. The van der Waals surface area contributed by atoms with Crippen LogP contribution in [0.4, 0.5) is 0 Å². The lowest BCUT2D eigenvalue weighted by molar-refractivity contribution is 0.0935. The normalized spacial score (nSPS) is 13.4. The van der Waals surface area contributed by atoms with Crippen LogP contribution < -0.4 is 5.32 Å². The first-order valence-corrected chi connectivity index (χ1v) is 11.3. The maximum atomic E-state index is 13.2. The van der Waals surface area contributed by atoms with Gasteiger partial charge in [-0.15, -0.1) is 0 Å². The third kappa shape index (κ3) is 4.95. The Bertz CT molecular complexity index is 932. The van der Waals surface area contributed by atoms with Crippen LogP contribution in [-0.2, 0) is 9.84 Å². The van der Waals surface area contributed by atoms with Gasteiger partial charge in [0, 0.05) is 3.57 Å². The molecule has 0 radical (unpaired) electrons. The van der Waals surface area contributed by atoms with Gasteiger partial charge in [0.05, 0.1) is 10.5 Å². The van der Waals surface area contributed by atoms with Crippen LogP contribution in [0.3, 0.4) is 0 Å². The first-order chi connectivity index (χ1) is 12.5. The molecule has 2 aromatic carbocycles. The number of amides is 1. The standard InChI is InChI=1S/C18H19Cl2IN2O3S/c1-12-8-10-13(11-9-12)27(25,26)17(18(19,20)23(2)3)22-16(24)14-6-4-5-7-15(14)21/h4-11,17H,1-3H3,(H,22,24). The Morgan fingerprint density at radius 2 is 1.67 bits per heavy atom. The van der Waals surface area contributed by atoms with Gasteiger partial charge in [-0.1, -0.05) is 53.0 Å². The van der Waals surface area contributed by atoms with Crippen molar-refractivity contribution >= 4 is 61.5 Å². The van der Waals surface area contributed by atoms with Gasteiger partial charge in [0.2, 0.25) is 14.3 Å². The average molecular weight is 541 g/mol. The van der Waals surface area contributed by atoms with Crippen molar-refractivity contribution in [3.8, 4) is 0 Å². The van der Waals surface area contributed by atoms with E-state index < -0.39 is 25.6 Å². The number of alkyl halides is 2. The fourth-order valence-electron chi connectivity index (χ4n) is 2.29. The molecule has 0 heterocycles. The molecule has 1 atom stereocenters. The molecule has 0 spiro atoms. The van der Waals surface area contributed by atoms with E-state index in [1.807, 2.05) is 29.5 Å². The van der Waals surface area contributed by atoms with Crippen LogP contribution in [0.1, 0.15) is 15.9 Å². The highest BCUT2D eigenvalue weighted by Gasteiger charge is 2.47. The number of nitrogens with zero attached hydrogens (tertiary/aromatic N) is 1. The Morgan fingerprint density at radius 1 is 1.11 bits per heavy atom. The van der Waals surface area contributed by atoms with Gasteiger partial charge in [-0.3, -0.25) is 9.69 Å². The minimum Gasteiger partial charge on any atom is -0.331 e. The molecule has 0 saturated carbocycles. The molecule has 0 saturated heterocycles. The topological polar surface area (TPSA) is 66.5 Å². The molecule has 0 aromatic heterocycles. The van der Waals surface area contributed by atoms with Crippen molar-refractivity contribution in [3.05, 3.63) is 63.2 Å². The molecule has 2 rings (SSSR count). The summed E-state index contributed by atoms with van der Waals surface area (Å²) in [5.41, 5.74) is 1.24. The summed E-state index contributed by atoms with van der Waals surface area (Å²) in [4.78, 5) is 14.1. The lowest BCUT2D eigenvalue weighted by Crippen LogP contribution is -2.57.